The highest BCUT2D eigenvalue weighted by molar-refractivity contribution is 7.99. The molecule has 3 rings (SSSR count). The SMILES string of the molecule is NC(CSc1cccc(Cl)c1)c1cc2cccc(Cl)c2o1. The Morgan fingerprint density at radius 2 is 1.90 bits per heavy atom. The lowest BCUT2D eigenvalue weighted by molar-refractivity contribution is 0.516. The number of hydrogen-bond acceptors (Lipinski definition) is 3. The van der Waals surface area contributed by atoms with Crippen LogP contribution in [0, 0.1) is 0 Å². The van der Waals surface area contributed by atoms with E-state index in [9.17, 15) is 0 Å². The highest BCUT2D eigenvalue weighted by atomic mass is 35.5. The Bertz CT molecular complexity index is 772. The first kappa shape index (κ1) is 14.8. The second kappa shape index (κ2) is 6.32. The summed E-state index contributed by atoms with van der Waals surface area (Å²) in [5.74, 6) is 1.45. The second-order valence-electron chi connectivity index (χ2n) is 4.68. The summed E-state index contributed by atoms with van der Waals surface area (Å²) >= 11 is 13.7. The predicted octanol–water partition coefficient (Wildman–Crippen LogP) is 5.53. The van der Waals surface area contributed by atoms with Gasteiger partial charge in [-0.05, 0) is 30.3 Å². The molecule has 0 radical (unpaired) electrons. The number of hydrogen-bond donors (Lipinski definition) is 1. The van der Waals surface area contributed by atoms with Gasteiger partial charge in [-0.3, -0.25) is 0 Å². The first-order valence-electron chi connectivity index (χ1n) is 6.45. The molecule has 0 spiro atoms. The van der Waals surface area contributed by atoms with Gasteiger partial charge in [0, 0.05) is 21.1 Å². The number of halogens is 2. The van der Waals surface area contributed by atoms with Gasteiger partial charge in [-0.25, -0.2) is 0 Å². The molecule has 5 heteroatoms. The standard InChI is InChI=1S/C16H13Cl2NOS/c17-11-4-2-5-12(8-11)21-9-14(19)15-7-10-3-1-6-13(18)16(10)20-15/h1-8,14H,9,19H2. The summed E-state index contributed by atoms with van der Waals surface area (Å²) in [6, 6.07) is 15.1. The molecule has 0 saturated carbocycles. The zero-order chi connectivity index (χ0) is 14.8. The van der Waals surface area contributed by atoms with Crippen molar-refractivity contribution >= 4 is 45.9 Å². The van der Waals surface area contributed by atoms with Gasteiger partial charge in [0.15, 0.2) is 5.58 Å². The van der Waals surface area contributed by atoms with Gasteiger partial charge >= 0.3 is 0 Å². The maximum absolute atomic E-state index is 6.20. The van der Waals surface area contributed by atoms with Gasteiger partial charge in [-0.15, -0.1) is 11.8 Å². The maximum atomic E-state index is 6.20. The van der Waals surface area contributed by atoms with Gasteiger partial charge in [0.1, 0.15) is 5.76 Å². The third-order valence-corrected chi connectivity index (χ3v) is 4.75. The van der Waals surface area contributed by atoms with Gasteiger partial charge in [-0.2, -0.15) is 0 Å². The van der Waals surface area contributed by atoms with Gasteiger partial charge < -0.3 is 10.2 Å². The fourth-order valence-corrected chi connectivity index (χ4v) is 3.45. The fourth-order valence-electron chi connectivity index (χ4n) is 2.06. The minimum absolute atomic E-state index is 0.197. The van der Waals surface area contributed by atoms with E-state index in [2.05, 4.69) is 0 Å². The van der Waals surface area contributed by atoms with E-state index in [4.69, 9.17) is 33.4 Å². The minimum atomic E-state index is -0.197. The molecule has 2 nitrogen and oxygen atoms in total. The maximum Gasteiger partial charge on any atom is 0.152 e. The highest BCUT2D eigenvalue weighted by Gasteiger charge is 2.14. The quantitative estimate of drug-likeness (QED) is 0.636. The van der Waals surface area contributed by atoms with Crippen LogP contribution < -0.4 is 5.73 Å². The second-order valence-corrected chi connectivity index (χ2v) is 6.62. The summed E-state index contributed by atoms with van der Waals surface area (Å²) < 4.78 is 5.78. The van der Waals surface area contributed by atoms with Crippen molar-refractivity contribution in [2.75, 3.05) is 5.75 Å². The summed E-state index contributed by atoms with van der Waals surface area (Å²) in [6.45, 7) is 0. The Kier molecular flexibility index (Phi) is 4.45. The van der Waals surface area contributed by atoms with Crippen LogP contribution in [0.4, 0.5) is 0 Å². The first-order valence-corrected chi connectivity index (χ1v) is 8.19. The third kappa shape index (κ3) is 3.38. The largest absolute Gasteiger partial charge is 0.458 e. The molecule has 0 aliphatic heterocycles. The molecule has 0 amide bonds. The fraction of sp³-hybridized carbons (Fsp3) is 0.125. The molecule has 0 aliphatic carbocycles. The van der Waals surface area contributed by atoms with Crippen LogP contribution in [-0.2, 0) is 0 Å². The number of rotatable bonds is 4. The van der Waals surface area contributed by atoms with Crippen LogP contribution in [0.25, 0.3) is 11.0 Å². The first-order chi connectivity index (χ1) is 10.1. The van der Waals surface area contributed by atoms with Crippen LogP contribution in [0.2, 0.25) is 10.0 Å². The molecule has 1 unspecified atom stereocenters. The molecule has 0 aliphatic rings. The van der Waals surface area contributed by atoms with Gasteiger partial charge in [0.2, 0.25) is 0 Å². The lowest BCUT2D eigenvalue weighted by atomic mass is 10.2. The minimum Gasteiger partial charge on any atom is -0.458 e. The molecule has 3 aromatic rings. The van der Waals surface area contributed by atoms with E-state index in [-0.39, 0.29) is 6.04 Å². The Balaban J connectivity index is 1.75. The normalized spacial score (nSPS) is 12.7. The van der Waals surface area contributed by atoms with Crippen LogP contribution in [0.15, 0.2) is 57.8 Å². The predicted molar refractivity (Wildman–Crippen MR) is 90.3 cm³/mol. The molecule has 1 aromatic heterocycles. The summed E-state index contributed by atoms with van der Waals surface area (Å²) in [4.78, 5) is 1.09. The van der Waals surface area contributed by atoms with E-state index in [0.717, 1.165) is 21.1 Å². The van der Waals surface area contributed by atoms with Crippen molar-refractivity contribution in [2.24, 2.45) is 5.73 Å². The van der Waals surface area contributed by atoms with E-state index >= 15 is 0 Å². The Labute approximate surface area is 137 Å². The molecule has 1 atom stereocenters. The summed E-state index contributed by atoms with van der Waals surface area (Å²) in [5.41, 5.74) is 6.90. The molecule has 0 bridgehead atoms. The van der Waals surface area contributed by atoms with Crippen LogP contribution >= 0.6 is 35.0 Å². The lowest BCUT2D eigenvalue weighted by Crippen LogP contribution is -2.11. The molecule has 108 valence electrons. The number of furan rings is 1. The summed E-state index contributed by atoms with van der Waals surface area (Å²) in [6.07, 6.45) is 0. The molecule has 2 aromatic carbocycles. The number of fused-ring (bicyclic) bond motifs is 1. The van der Waals surface area contributed by atoms with E-state index in [0.29, 0.717) is 16.4 Å². The van der Waals surface area contributed by atoms with Crippen molar-refractivity contribution in [2.45, 2.75) is 10.9 Å². The van der Waals surface area contributed by atoms with E-state index in [1.54, 1.807) is 11.8 Å². The molecule has 2 N–H and O–H groups in total. The third-order valence-electron chi connectivity index (χ3n) is 3.11. The average molecular weight is 338 g/mol. The van der Waals surface area contributed by atoms with Crippen molar-refractivity contribution < 1.29 is 4.42 Å². The Morgan fingerprint density at radius 1 is 1.10 bits per heavy atom. The monoisotopic (exact) mass is 337 g/mol. The molecular weight excluding hydrogens is 325 g/mol. The summed E-state index contributed by atoms with van der Waals surface area (Å²) in [5, 5.41) is 2.30. The van der Waals surface area contributed by atoms with Crippen LogP contribution in [-0.4, -0.2) is 5.75 Å². The molecule has 0 fully saturated rings. The molecule has 21 heavy (non-hydrogen) atoms. The lowest BCUT2D eigenvalue weighted by Gasteiger charge is -2.08. The smallest absolute Gasteiger partial charge is 0.152 e. The van der Waals surface area contributed by atoms with E-state index in [1.165, 1.54) is 0 Å². The van der Waals surface area contributed by atoms with Crippen LogP contribution in [0.1, 0.15) is 11.8 Å². The number of para-hydroxylation sites is 1. The number of benzene rings is 2. The van der Waals surface area contributed by atoms with Crippen molar-refractivity contribution in [3.8, 4) is 0 Å². The van der Waals surface area contributed by atoms with Gasteiger partial charge in [-0.1, -0.05) is 41.4 Å². The Hall–Kier alpha value is -1.13. The van der Waals surface area contributed by atoms with Crippen molar-refractivity contribution in [3.05, 3.63) is 64.3 Å². The highest BCUT2D eigenvalue weighted by Crippen LogP contribution is 2.31. The molecular formula is C16H13Cl2NOS. The topological polar surface area (TPSA) is 39.2 Å². The van der Waals surface area contributed by atoms with Crippen molar-refractivity contribution in [1.82, 2.24) is 0 Å². The Morgan fingerprint density at radius 3 is 2.67 bits per heavy atom. The average Bonchev–Trinajstić information content (AvgIpc) is 2.90. The summed E-state index contributed by atoms with van der Waals surface area (Å²) in [7, 11) is 0. The zero-order valence-electron chi connectivity index (χ0n) is 11.1. The number of thioether (sulfide) groups is 1. The molecule has 1 heterocycles. The zero-order valence-corrected chi connectivity index (χ0v) is 13.4. The van der Waals surface area contributed by atoms with Crippen LogP contribution in [0.3, 0.4) is 0 Å². The van der Waals surface area contributed by atoms with Crippen LogP contribution in [0.5, 0.6) is 0 Å². The van der Waals surface area contributed by atoms with Crippen molar-refractivity contribution in [3.63, 3.8) is 0 Å². The van der Waals surface area contributed by atoms with Gasteiger partial charge in [0.05, 0.1) is 11.1 Å². The van der Waals surface area contributed by atoms with Crippen molar-refractivity contribution in [1.29, 1.82) is 0 Å². The van der Waals surface area contributed by atoms with E-state index < -0.39 is 0 Å². The van der Waals surface area contributed by atoms with E-state index in [1.807, 2.05) is 48.5 Å². The number of nitrogens with two attached hydrogens (primary N) is 1. The van der Waals surface area contributed by atoms with Gasteiger partial charge in [0.25, 0.3) is 0 Å². The molecule has 0 saturated heterocycles.